The number of hydrogen-bond acceptors (Lipinski definition) is 0. The number of rotatable bonds is 3. The molecule has 0 atom stereocenters. The van der Waals surface area contributed by atoms with Crippen LogP contribution >= 0.6 is 0 Å². The first kappa shape index (κ1) is 40.4. The van der Waals surface area contributed by atoms with Gasteiger partial charge in [-0.2, -0.15) is 0 Å². The number of para-hydroxylation sites is 4. The smallest absolute Gasteiger partial charge is 0.0725 e. The molecule has 0 amide bonds. The summed E-state index contributed by atoms with van der Waals surface area (Å²) in [5.41, 5.74) is 25.2. The fourth-order valence-electron chi connectivity index (χ4n) is 15.6. The van der Waals surface area contributed by atoms with Crippen molar-refractivity contribution in [2.24, 2.45) is 0 Å². The Labute approximate surface area is 442 Å². The van der Waals surface area contributed by atoms with E-state index in [0.29, 0.717) is 0 Å². The molecular weight excluding hydrogens is 929 g/mol. The number of hydrogen-bond donors (Lipinski definition) is 0. The number of fused-ring (bicyclic) bond motifs is 24. The first-order valence-corrected chi connectivity index (χ1v) is 27.0. The van der Waals surface area contributed by atoms with Gasteiger partial charge in [0, 0.05) is 43.1 Å². The van der Waals surface area contributed by atoms with Crippen LogP contribution in [0.4, 0.5) is 0 Å². The Kier molecular flexibility index (Phi) is 7.46. The summed E-state index contributed by atoms with van der Waals surface area (Å²) in [5, 5.41) is 15.3. The lowest BCUT2D eigenvalue weighted by Crippen LogP contribution is -2.25. The Hall–Kier alpha value is -10.0. The minimum Gasteiger partial charge on any atom is -0.308 e. The van der Waals surface area contributed by atoms with Gasteiger partial charge in [0.2, 0.25) is 0 Å². The van der Waals surface area contributed by atoms with Crippen LogP contribution in [-0.4, -0.2) is 8.80 Å². The predicted molar refractivity (Wildman–Crippen MR) is 323 cm³/mol. The second kappa shape index (κ2) is 14.2. The third kappa shape index (κ3) is 4.73. The van der Waals surface area contributed by atoms with Gasteiger partial charge < -0.3 is 8.80 Å². The molecule has 0 radical (unpaired) electrons. The first-order valence-electron chi connectivity index (χ1n) is 27.0. The van der Waals surface area contributed by atoms with Gasteiger partial charge >= 0.3 is 0 Å². The highest BCUT2D eigenvalue weighted by Gasteiger charge is 2.52. The molecule has 77 heavy (non-hydrogen) atoms. The fraction of sp³-hybridized carbons (Fsp3) is 0.0133. The van der Waals surface area contributed by atoms with Crippen molar-refractivity contribution in [3.05, 3.63) is 277 Å². The Morgan fingerprint density at radius 3 is 1.09 bits per heavy atom. The van der Waals surface area contributed by atoms with Crippen LogP contribution in [0.1, 0.15) is 22.3 Å². The van der Waals surface area contributed by atoms with Crippen LogP contribution in [0, 0.1) is 0 Å². The van der Waals surface area contributed by atoms with E-state index in [1.165, 1.54) is 176 Å². The topological polar surface area (TPSA) is 8.82 Å². The Bertz CT molecular complexity index is 5180. The van der Waals surface area contributed by atoms with Gasteiger partial charge in [-0.15, -0.1) is 0 Å². The van der Waals surface area contributed by atoms with Gasteiger partial charge in [0.1, 0.15) is 0 Å². The van der Waals surface area contributed by atoms with E-state index in [4.69, 9.17) is 0 Å². The maximum atomic E-state index is 2.56. The van der Waals surface area contributed by atoms with E-state index in [1.54, 1.807) is 0 Å². The van der Waals surface area contributed by atoms with Gasteiger partial charge in [0.05, 0.1) is 38.5 Å². The maximum absolute atomic E-state index is 2.56. The molecule has 13 aromatic carbocycles. The molecule has 2 aliphatic carbocycles. The average Bonchev–Trinajstić information content (AvgIpc) is 4.09. The van der Waals surface area contributed by atoms with Gasteiger partial charge in [-0.1, -0.05) is 224 Å². The van der Waals surface area contributed by atoms with Gasteiger partial charge in [-0.3, -0.25) is 0 Å². The van der Waals surface area contributed by atoms with Crippen molar-refractivity contribution in [3.8, 4) is 55.6 Å². The van der Waals surface area contributed by atoms with Gasteiger partial charge in [-0.25, -0.2) is 0 Å². The third-order valence-corrected chi connectivity index (χ3v) is 18.4. The van der Waals surface area contributed by atoms with Crippen LogP contribution in [0.15, 0.2) is 255 Å². The minimum absolute atomic E-state index is 0.470. The SMILES string of the molecule is c1ccc2c(c1)-c1ccccc1C21c2ccccc2-c2c(-c3c4cccc(-c5ccc6c7ccccc7n7c8ccccc8c5c67)c4cc4c(-c5ccc6c7ccccc7n7c8ccccc8c5c67)cccc34)cccc21. The summed E-state index contributed by atoms with van der Waals surface area (Å²) < 4.78 is 5.03. The molecule has 0 saturated carbocycles. The van der Waals surface area contributed by atoms with Crippen molar-refractivity contribution in [1.29, 1.82) is 0 Å². The summed E-state index contributed by atoms with van der Waals surface area (Å²) in [6, 6.07) is 97.0. The maximum Gasteiger partial charge on any atom is 0.0725 e. The van der Waals surface area contributed by atoms with Crippen LogP contribution in [0.5, 0.6) is 0 Å². The lowest BCUT2D eigenvalue weighted by Gasteiger charge is -2.30. The molecule has 0 bridgehead atoms. The molecule has 2 nitrogen and oxygen atoms in total. The average molecular weight is 971 g/mol. The van der Waals surface area contributed by atoms with E-state index >= 15 is 0 Å². The van der Waals surface area contributed by atoms with Crippen molar-refractivity contribution in [2.45, 2.75) is 5.41 Å². The molecule has 0 N–H and O–H groups in total. The number of nitrogens with zero attached hydrogens (tertiary/aromatic N) is 2. The van der Waals surface area contributed by atoms with Crippen LogP contribution < -0.4 is 0 Å². The summed E-state index contributed by atoms with van der Waals surface area (Å²) in [7, 11) is 0. The van der Waals surface area contributed by atoms with E-state index in [9.17, 15) is 0 Å². The molecule has 0 fully saturated rings. The number of aromatic nitrogens is 2. The Morgan fingerprint density at radius 2 is 0.571 bits per heavy atom. The lowest BCUT2D eigenvalue weighted by molar-refractivity contribution is 0.794. The van der Waals surface area contributed by atoms with E-state index in [-0.39, 0.29) is 0 Å². The zero-order valence-electron chi connectivity index (χ0n) is 41.6. The minimum atomic E-state index is -0.470. The molecule has 0 aliphatic heterocycles. The third-order valence-electron chi connectivity index (χ3n) is 18.4. The highest BCUT2D eigenvalue weighted by atomic mass is 14.9. The highest BCUT2D eigenvalue weighted by molar-refractivity contribution is 6.31. The molecular formula is C75H42N2. The van der Waals surface area contributed by atoms with Gasteiger partial charge in [0.25, 0.3) is 0 Å². The van der Waals surface area contributed by atoms with Crippen molar-refractivity contribution in [2.75, 3.05) is 0 Å². The largest absolute Gasteiger partial charge is 0.308 e. The fourth-order valence-corrected chi connectivity index (χ4v) is 15.6. The van der Waals surface area contributed by atoms with Gasteiger partial charge in [0.15, 0.2) is 0 Å². The van der Waals surface area contributed by atoms with Crippen LogP contribution in [0.25, 0.3) is 153 Å². The van der Waals surface area contributed by atoms with Crippen molar-refractivity contribution in [1.82, 2.24) is 8.80 Å². The summed E-state index contributed by atoms with van der Waals surface area (Å²) in [5.74, 6) is 0. The normalized spacial score (nSPS) is 13.6. The quantitative estimate of drug-likeness (QED) is 0.156. The van der Waals surface area contributed by atoms with Crippen molar-refractivity contribution >= 4 is 97.7 Å². The zero-order valence-corrected chi connectivity index (χ0v) is 41.6. The van der Waals surface area contributed by atoms with Gasteiger partial charge in [-0.05, 0) is 130 Å². The molecule has 2 aliphatic rings. The van der Waals surface area contributed by atoms with Crippen LogP contribution in [-0.2, 0) is 5.41 Å². The standard InChI is InChI=1S/C75H42N2/c1-8-30-61-45(18-1)46-19-2-9-31-62(46)75(61)63-32-10-3-22-55(63)70-58(29-17-33-64(70)75)69-49-27-15-25-43(51-38-40-53-47-20-4-11-34-65(47)76-67-36-13-6-23-56(67)71(51)73(53)76)59(49)42-60-44(26-16-28-50(60)69)52-39-41-54-48-21-5-12-35-66(48)77-68-37-14-7-24-57(68)72(52)74(54)77/h1-42H. The van der Waals surface area contributed by atoms with E-state index in [2.05, 4.69) is 264 Å². The summed E-state index contributed by atoms with van der Waals surface area (Å²) >= 11 is 0. The molecule has 0 unspecified atom stereocenters. The van der Waals surface area contributed by atoms with E-state index in [1.807, 2.05) is 0 Å². The second-order valence-corrected chi connectivity index (χ2v) is 21.7. The molecule has 1 spiro atoms. The monoisotopic (exact) mass is 970 g/mol. The van der Waals surface area contributed by atoms with E-state index < -0.39 is 5.41 Å². The molecule has 2 heteroatoms. The van der Waals surface area contributed by atoms with Crippen molar-refractivity contribution in [3.63, 3.8) is 0 Å². The predicted octanol–water partition coefficient (Wildman–Crippen LogP) is 19.6. The Morgan fingerprint density at radius 1 is 0.208 bits per heavy atom. The zero-order chi connectivity index (χ0) is 49.8. The van der Waals surface area contributed by atoms with Crippen LogP contribution in [0.3, 0.4) is 0 Å². The molecule has 4 heterocycles. The molecule has 0 saturated heterocycles. The summed E-state index contributed by atoms with van der Waals surface area (Å²) in [6.07, 6.45) is 0. The Balaban J connectivity index is 0.981. The molecule has 352 valence electrons. The first-order chi connectivity index (χ1) is 38.3. The molecule has 4 aromatic heterocycles. The second-order valence-electron chi connectivity index (χ2n) is 21.7. The highest BCUT2D eigenvalue weighted by Crippen LogP contribution is 2.65. The summed E-state index contributed by atoms with van der Waals surface area (Å²) in [4.78, 5) is 0. The molecule has 19 rings (SSSR count). The van der Waals surface area contributed by atoms with E-state index in [0.717, 1.165) is 0 Å². The van der Waals surface area contributed by atoms with Crippen molar-refractivity contribution < 1.29 is 0 Å². The molecule has 17 aromatic rings. The van der Waals surface area contributed by atoms with Crippen LogP contribution in [0.2, 0.25) is 0 Å². The number of benzene rings is 13. The lowest BCUT2D eigenvalue weighted by atomic mass is 9.70. The summed E-state index contributed by atoms with van der Waals surface area (Å²) in [6.45, 7) is 0.